The van der Waals surface area contributed by atoms with Crippen LogP contribution in [0.15, 0.2) is 158 Å². The van der Waals surface area contributed by atoms with Crippen molar-refractivity contribution in [2.75, 3.05) is 13.2 Å². The molecule has 0 bridgehead atoms. The van der Waals surface area contributed by atoms with E-state index in [9.17, 15) is 14.4 Å². The zero-order valence-corrected chi connectivity index (χ0v) is 38.8. The van der Waals surface area contributed by atoms with Gasteiger partial charge in [0.05, 0.1) is 0 Å². The number of esters is 3. The van der Waals surface area contributed by atoms with Gasteiger partial charge in [-0.25, -0.2) is 0 Å². The Morgan fingerprint density at radius 3 is 1.06 bits per heavy atom. The molecule has 0 aromatic rings. The average molecular weight is 851 g/mol. The lowest BCUT2D eigenvalue weighted by Gasteiger charge is -2.18. The first-order valence-corrected chi connectivity index (χ1v) is 23.6. The number of carbonyl (C=O) groups is 3. The molecule has 0 heterocycles. The van der Waals surface area contributed by atoms with E-state index in [-0.39, 0.29) is 44.0 Å². The number of hydrogen-bond acceptors (Lipinski definition) is 6. The smallest absolute Gasteiger partial charge is 0.306 e. The van der Waals surface area contributed by atoms with Crippen LogP contribution in [0.2, 0.25) is 0 Å². The van der Waals surface area contributed by atoms with Crippen LogP contribution < -0.4 is 0 Å². The Morgan fingerprint density at radius 1 is 0.339 bits per heavy atom. The Morgan fingerprint density at radius 2 is 0.661 bits per heavy atom. The second-order valence-electron chi connectivity index (χ2n) is 14.7. The number of ether oxygens (including phenoxy) is 3. The normalized spacial score (nSPS) is 13.5. The lowest BCUT2D eigenvalue weighted by molar-refractivity contribution is -0.167. The molecule has 0 spiro atoms. The molecule has 0 amide bonds. The fraction of sp³-hybridized carbons (Fsp3) is 0.482. The van der Waals surface area contributed by atoms with E-state index in [0.717, 1.165) is 103 Å². The molecule has 62 heavy (non-hydrogen) atoms. The zero-order valence-electron chi connectivity index (χ0n) is 38.8. The van der Waals surface area contributed by atoms with E-state index in [2.05, 4.69) is 93.7 Å². The molecule has 0 aliphatic carbocycles. The summed E-state index contributed by atoms with van der Waals surface area (Å²) in [5.74, 6) is -1.06. The van der Waals surface area contributed by atoms with Crippen LogP contribution in [0, 0.1) is 0 Å². The van der Waals surface area contributed by atoms with Gasteiger partial charge in [0.15, 0.2) is 6.10 Å². The standard InChI is InChI=1S/C56H82O6/c1-4-7-10-13-16-19-22-25-27-29-31-34-37-40-43-46-49-55(58)61-52-53(51-60-54(57)48-45-42-39-36-33-30-24-21-18-15-12-9-6-3)62-56(59)50-47-44-41-38-35-32-28-26-23-20-17-14-11-8-5-2/h7-12,14-21,23-28,30-35,53H,4-6,13,22,29,36-52H2,1-3H3/b10-7+,11-8+,12-9+,17-14+,18-15+,19-16+,23-20+,24-21+,27-25+,28-26+,33-30+,34-31+,35-32+. The summed E-state index contributed by atoms with van der Waals surface area (Å²) in [6.45, 7) is 6.09. The Balaban J connectivity index is 4.64. The highest BCUT2D eigenvalue weighted by atomic mass is 16.6. The largest absolute Gasteiger partial charge is 0.462 e. The minimum Gasteiger partial charge on any atom is -0.462 e. The lowest BCUT2D eigenvalue weighted by atomic mass is 10.1. The minimum atomic E-state index is -0.837. The first-order chi connectivity index (χ1) is 30.5. The lowest BCUT2D eigenvalue weighted by Crippen LogP contribution is -2.30. The van der Waals surface area contributed by atoms with E-state index < -0.39 is 6.10 Å². The molecule has 0 saturated carbocycles. The fourth-order valence-electron chi connectivity index (χ4n) is 5.52. The van der Waals surface area contributed by atoms with Gasteiger partial charge in [-0.1, -0.05) is 198 Å². The molecule has 0 rings (SSSR count). The van der Waals surface area contributed by atoms with Crippen LogP contribution in [-0.4, -0.2) is 37.2 Å². The van der Waals surface area contributed by atoms with Crippen molar-refractivity contribution in [3.8, 4) is 0 Å². The quantitative estimate of drug-likeness (QED) is 0.0202. The average Bonchev–Trinajstić information content (AvgIpc) is 3.27. The molecule has 1 atom stereocenters. The molecular formula is C56H82O6. The summed E-state index contributed by atoms with van der Waals surface area (Å²) in [5.41, 5.74) is 0. The Hall–Kier alpha value is -4.97. The second kappa shape index (κ2) is 48.7. The minimum absolute atomic E-state index is 0.133. The van der Waals surface area contributed by atoms with Gasteiger partial charge in [0, 0.05) is 19.3 Å². The summed E-state index contributed by atoms with van der Waals surface area (Å²) in [6, 6.07) is 0. The maximum atomic E-state index is 12.8. The van der Waals surface area contributed by atoms with Crippen LogP contribution in [0.25, 0.3) is 0 Å². The Kier molecular flexibility index (Phi) is 44.8. The van der Waals surface area contributed by atoms with E-state index in [1.54, 1.807) is 0 Å². The summed E-state index contributed by atoms with van der Waals surface area (Å²) in [5, 5.41) is 0. The number of carbonyl (C=O) groups excluding carboxylic acids is 3. The van der Waals surface area contributed by atoms with Crippen molar-refractivity contribution in [1.82, 2.24) is 0 Å². The summed E-state index contributed by atoms with van der Waals surface area (Å²) in [6.07, 6.45) is 70.8. The number of unbranched alkanes of at least 4 members (excludes halogenated alkanes) is 9. The predicted molar refractivity (Wildman–Crippen MR) is 265 cm³/mol. The predicted octanol–water partition coefficient (Wildman–Crippen LogP) is 15.5. The van der Waals surface area contributed by atoms with E-state index in [1.165, 1.54) is 0 Å². The summed E-state index contributed by atoms with van der Waals surface area (Å²) in [4.78, 5) is 37.9. The molecule has 0 radical (unpaired) electrons. The third-order valence-electron chi connectivity index (χ3n) is 8.98. The highest BCUT2D eigenvalue weighted by Gasteiger charge is 2.19. The van der Waals surface area contributed by atoms with Crippen LogP contribution >= 0.6 is 0 Å². The fourth-order valence-corrected chi connectivity index (χ4v) is 5.52. The second-order valence-corrected chi connectivity index (χ2v) is 14.7. The van der Waals surface area contributed by atoms with E-state index in [0.29, 0.717) is 19.3 Å². The molecule has 6 heteroatoms. The number of allylic oxidation sites excluding steroid dienone is 26. The van der Waals surface area contributed by atoms with Gasteiger partial charge in [0.1, 0.15) is 13.2 Å². The molecule has 1 unspecified atom stereocenters. The van der Waals surface area contributed by atoms with Crippen molar-refractivity contribution in [1.29, 1.82) is 0 Å². The van der Waals surface area contributed by atoms with Crippen molar-refractivity contribution >= 4 is 17.9 Å². The van der Waals surface area contributed by atoms with Gasteiger partial charge in [-0.2, -0.15) is 0 Å². The highest BCUT2D eigenvalue weighted by Crippen LogP contribution is 2.11. The topological polar surface area (TPSA) is 78.9 Å². The van der Waals surface area contributed by atoms with Crippen LogP contribution in [0.3, 0.4) is 0 Å². The van der Waals surface area contributed by atoms with Crippen molar-refractivity contribution in [3.05, 3.63) is 158 Å². The highest BCUT2D eigenvalue weighted by molar-refractivity contribution is 5.71. The SMILES string of the molecule is CC/C=C/C=C/C=C/C=C/C=C/CCCCCC(=O)OC(COC(=O)CCCCC/C=C/C=C/C=C/C=C/CC)COC(=O)CCCCC/C=C/C/C=C/C/C=C/C/C=C/CC. The maximum absolute atomic E-state index is 12.8. The molecule has 342 valence electrons. The molecule has 0 aromatic carbocycles. The number of rotatable bonds is 39. The molecule has 0 saturated heterocycles. The first kappa shape index (κ1) is 57.0. The van der Waals surface area contributed by atoms with E-state index >= 15 is 0 Å². The molecule has 0 fully saturated rings. The van der Waals surface area contributed by atoms with Crippen LogP contribution in [-0.2, 0) is 28.6 Å². The molecule has 0 aromatic heterocycles. The van der Waals surface area contributed by atoms with Gasteiger partial charge >= 0.3 is 17.9 Å². The van der Waals surface area contributed by atoms with Crippen LogP contribution in [0.5, 0.6) is 0 Å². The van der Waals surface area contributed by atoms with Crippen molar-refractivity contribution in [2.24, 2.45) is 0 Å². The molecule has 0 N–H and O–H groups in total. The molecule has 0 aliphatic rings. The third-order valence-corrected chi connectivity index (χ3v) is 8.98. The first-order valence-electron chi connectivity index (χ1n) is 23.6. The van der Waals surface area contributed by atoms with Gasteiger partial charge in [0.2, 0.25) is 0 Å². The Labute approximate surface area is 378 Å². The number of hydrogen-bond donors (Lipinski definition) is 0. The molecule has 6 nitrogen and oxygen atoms in total. The van der Waals surface area contributed by atoms with Crippen molar-refractivity contribution < 1.29 is 28.6 Å². The third kappa shape index (κ3) is 46.1. The van der Waals surface area contributed by atoms with Gasteiger partial charge in [-0.05, 0) is 96.3 Å². The van der Waals surface area contributed by atoms with Gasteiger partial charge < -0.3 is 14.2 Å². The molecular weight excluding hydrogens is 769 g/mol. The summed E-state index contributed by atoms with van der Waals surface area (Å²) in [7, 11) is 0. The monoisotopic (exact) mass is 851 g/mol. The van der Waals surface area contributed by atoms with Crippen molar-refractivity contribution in [2.45, 2.75) is 162 Å². The van der Waals surface area contributed by atoms with Crippen LogP contribution in [0.1, 0.15) is 156 Å². The van der Waals surface area contributed by atoms with E-state index in [4.69, 9.17) is 14.2 Å². The zero-order chi connectivity index (χ0) is 45.1. The molecule has 0 aliphatic heterocycles. The van der Waals surface area contributed by atoms with Gasteiger partial charge in [0.25, 0.3) is 0 Å². The van der Waals surface area contributed by atoms with Crippen molar-refractivity contribution in [3.63, 3.8) is 0 Å². The van der Waals surface area contributed by atoms with E-state index in [1.807, 2.05) is 85.1 Å². The van der Waals surface area contributed by atoms with Gasteiger partial charge in [-0.15, -0.1) is 0 Å². The Bertz CT molecular complexity index is 1490. The van der Waals surface area contributed by atoms with Gasteiger partial charge in [-0.3, -0.25) is 14.4 Å². The maximum Gasteiger partial charge on any atom is 0.306 e. The van der Waals surface area contributed by atoms with Crippen LogP contribution in [0.4, 0.5) is 0 Å². The summed E-state index contributed by atoms with van der Waals surface area (Å²) < 4.78 is 16.6. The summed E-state index contributed by atoms with van der Waals surface area (Å²) >= 11 is 0.